The number of carboxylic acids is 1. The minimum atomic E-state index is -2.05. The second-order valence-corrected chi connectivity index (χ2v) is 8.15. The third kappa shape index (κ3) is 8.26. The second kappa shape index (κ2) is 13.3. The first-order valence-corrected chi connectivity index (χ1v) is 11.6. The number of nitrogens with zero attached hydrogens (tertiary/aromatic N) is 1. The Hall–Kier alpha value is -3.64. The van der Waals surface area contributed by atoms with E-state index in [0.29, 0.717) is 19.4 Å². The lowest BCUT2D eigenvalue weighted by atomic mass is 10.0. The molecule has 2 aliphatic rings. The van der Waals surface area contributed by atoms with E-state index in [2.05, 4.69) is 31.7 Å². The van der Waals surface area contributed by atoms with Gasteiger partial charge in [-0.25, -0.2) is 9.59 Å². The lowest BCUT2D eigenvalue weighted by molar-refractivity contribution is -0.148. The molecule has 0 fully saturated rings. The Bertz CT molecular complexity index is 924. The summed E-state index contributed by atoms with van der Waals surface area (Å²) >= 11 is 0. The van der Waals surface area contributed by atoms with Gasteiger partial charge in [0, 0.05) is 19.4 Å². The van der Waals surface area contributed by atoms with Gasteiger partial charge >= 0.3 is 12.1 Å². The molecule has 0 radical (unpaired) electrons. The molecule has 12 heteroatoms. The Morgan fingerprint density at radius 3 is 2.69 bits per heavy atom. The zero-order valence-electron chi connectivity index (χ0n) is 19.4. The zero-order valence-corrected chi connectivity index (χ0v) is 19.4. The van der Waals surface area contributed by atoms with E-state index in [1.165, 1.54) is 0 Å². The van der Waals surface area contributed by atoms with Gasteiger partial charge in [0.2, 0.25) is 5.66 Å². The summed E-state index contributed by atoms with van der Waals surface area (Å²) < 4.78 is 5.20. The van der Waals surface area contributed by atoms with Crippen molar-refractivity contribution < 1.29 is 29.1 Å². The van der Waals surface area contributed by atoms with Gasteiger partial charge in [-0.3, -0.25) is 20.7 Å². The van der Waals surface area contributed by atoms with Gasteiger partial charge in [-0.1, -0.05) is 48.0 Å². The molecule has 0 aromatic heterocycles. The average molecular weight is 489 g/mol. The number of unbranched alkanes of at least 4 members (excludes halogenated alkanes) is 2. The molecule has 190 valence electrons. The van der Waals surface area contributed by atoms with Gasteiger partial charge in [0.1, 0.15) is 25.2 Å². The number of carbonyl (C=O) groups is 3. The molecule has 12 nitrogen and oxygen atoms in total. The Morgan fingerprint density at radius 2 is 2.00 bits per heavy atom. The molecular formula is C23H32N6O6. The number of benzene rings is 1. The van der Waals surface area contributed by atoms with Crippen molar-refractivity contribution in [1.29, 1.82) is 0 Å². The maximum atomic E-state index is 12.6. The van der Waals surface area contributed by atoms with Gasteiger partial charge in [-0.05, 0) is 31.1 Å². The van der Waals surface area contributed by atoms with E-state index in [9.17, 15) is 19.5 Å². The average Bonchev–Trinajstić information content (AvgIpc) is 3.41. The molecule has 1 aromatic rings. The normalized spacial score (nSPS) is 18.4. The van der Waals surface area contributed by atoms with Crippen LogP contribution in [0.1, 0.15) is 37.7 Å². The second-order valence-electron chi connectivity index (χ2n) is 8.15. The van der Waals surface area contributed by atoms with E-state index in [1.54, 1.807) is 24.3 Å². The number of oxime groups is 1. The molecule has 0 bridgehead atoms. The number of amides is 2. The Morgan fingerprint density at radius 1 is 1.17 bits per heavy atom. The highest BCUT2D eigenvalue weighted by molar-refractivity contribution is 6.39. The summed E-state index contributed by atoms with van der Waals surface area (Å²) in [5, 5.41) is 28.1. The fourth-order valence-corrected chi connectivity index (χ4v) is 3.57. The van der Waals surface area contributed by atoms with Crippen molar-refractivity contribution in [2.45, 2.75) is 50.7 Å². The van der Waals surface area contributed by atoms with E-state index < -0.39 is 23.6 Å². The Kier molecular flexibility index (Phi) is 9.87. The summed E-state index contributed by atoms with van der Waals surface area (Å²) in [6.45, 7) is 1.67. The molecule has 3 rings (SSSR count). The van der Waals surface area contributed by atoms with Crippen LogP contribution in [-0.4, -0.2) is 60.4 Å². The standard InChI is InChI=1S/C23H32N6O6/c30-19(18-10-15-35-29-18)27-23(20(31)32,28-22(33)34-16-17-8-3-1-4-9-17)11-5-2-6-12-24-21-25-13-7-14-26-21/h1,3-4,7-9,13,21,24-26H,2,5-6,10-12,14-16H2,(H,27,30)(H,28,33)(H,31,32). The largest absolute Gasteiger partial charge is 0.478 e. The van der Waals surface area contributed by atoms with Crippen LogP contribution in [-0.2, 0) is 25.8 Å². The van der Waals surface area contributed by atoms with Crippen LogP contribution in [0.3, 0.4) is 0 Å². The summed E-state index contributed by atoms with van der Waals surface area (Å²) in [5.41, 5.74) is -1.24. The minimum Gasteiger partial charge on any atom is -0.478 e. The van der Waals surface area contributed by atoms with E-state index in [4.69, 9.17) is 9.57 Å². The first kappa shape index (κ1) is 26.0. The molecule has 2 amide bonds. The summed E-state index contributed by atoms with van der Waals surface area (Å²) in [5.74, 6) is -2.11. The molecule has 35 heavy (non-hydrogen) atoms. The van der Waals surface area contributed by atoms with Crippen molar-refractivity contribution in [2.75, 3.05) is 19.7 Å². The maximum absolute atomic E-state index is 12.6. The predicted molar refractivity (Wildman–Crippen MR) is 127 cm³/mol. The third-order valence-electron chi connectivity index (χ3n) is 5.48. The number of nitrogens with one attached hydrogen (secondary N) is 5. The molecule has 0 saturated carbocycles. The first-order chi connectivity index (χ1) is 17.0. The van der Waals surface area contributed by atoms with Crippen molar-refractivity contribution in [3.63, 3.8) is 0 Å². The molecule has 2 heterocycles. The van der Waals surface area contributed by atoms with Crippen LogP contribution in [0.15, 0.2) is 47.8 Å². The third-order valence-corrected chi connectivity index (χ3v) is 5.48. The van der Waals surface area contributed by atoms with Crippen LogP contribution in [0.5, 0.6) is 0 Å². The summed E-state index contributed by atoms with van der Waals surface area (Å²) in [4.78, 5) is 42.3. The lowest BCUT2D eigenvalue weighted by Gasteiger charge is -2.31. The fourth-order valence-electron chi connectivity index (χ4n) is 3.57. The van der Waals surface area contributed by atoms with Gasteiger partial charge in [0.05, 0.1) is 0 Å². The number of carboxylic acid groups (broad SMARTS) is 1. The zero-order chi connectivity index (χ0) is 24.9. The number of hydrogen-bond donors (Lipinski definition) is 6. The summed E-state index contributed by atoms with van der Waals surface area (Å²) in [7, 11) is 0. The van der Waals surface area contributed by atoms with Gasteiger partial charge in [0.25, 0.3) is 5.91 Å². The highest BCUT2D eigenvalue weighted by Gasteiger charge is 2.43. The first-order valence-electron chi connectivity index (χ1n) is 11.6. The molecule has 0 spiro atoms. The SMILES string of the molecule is O=C(NC(CCCCCNC1NC=CCN1)(NC(=O)C1=NOCC1)C(=O)O)OCc1ccccc1. The van der Waals surface area contributed by atoms with Crippen LogP contribution < -0.4 is 26.6 Å². The Labute approximate surface area is 203 Å². The number of carbonyl (C=O) groups excluding carboxylic acids is 2. The number of rotatable bonds is 13. The maximum Gasteiger partial charge on any atom is 0.409 e. The van der Waals surface area contributed by atoms with Crippen molar-refractivity contribution in [1.82, 2.24) is 26.6 Å². The van der Waals surface area contributed by atoms with Crippen LogP contribution in [0.2, 0.25) is 0 Å². The van der Waals surface area contributed by atoms with E-state index in [-0.39, 0.29) is 38.1 Å². The lowest BCUT2D eigenvalue weighted by Crippen LogP contribution is -2.66. The van der Waals surface area contributed by atoms with Crippen LogP contribution in [0.4, 0.5) is 4.79 Å². The smallest absolute Gasteiger partial charge is 0.409 e. The number of hydrogen-bond acceptors (Lipinski definition) is 9. The van der Waals surface area contributed by atoms with Crippen LogP contribution >= 0.6 is 0 Å². The predicted octanol–water partition coefficient (Wildman–Crippen LogP) is 0.726. The molecule has 2 atom stereocenters. The monoisotopic (exact) mass is 488 g/mol. The van der Waals surface area contributed by atoms with E-state index in [0.717, 1.165) is 18.5 Å². The van der Waals surface area contributed by atoms with Gasteiger partial charge < -0.3 is 25.3 Å². The summed E-state index contributed by atoms with van der Waals surface area (Å²) in [6.07, 6.45) is 4.96. The molecular weight excluding hydrogens is 456 g/mol. The van der Waals surface area contributed by atoms with E-state index in [1.807, 2.05) is 18.3 Å². The van der Waals surface area contributed by atoms with Crippen LogP contribution in [0.25, 0.3) is 0 Å². The highest BCUT2D eigenvalue weighted by Crippen LogP contribution is 2.16. The molecule has 6 N–H and O–H groups in total. The van der Waals surface area contributed by atoms with Crippen molar-refractivity contribution in [3.8, 4) is 0 Å². The van der Waals surface area contributed by atoms with Gasteiger partial charge in [-0.15, -0.1) is 0 Å². The minimum absolute atomic E-state index is 0.0205. The number of ether oxygens (including phenoxy) is 1. The number of alkyl carbamates (subject to hydrolysis) is 1. The fraction of sp³-hybridized carbons (Fsp3) is 0.478. The Balaban J connectivity index is 1.56. The topological polar surface area (TPSA) is 162 Å². The quantitative estimate of drug-likeness (QED) is 0.174. The molecule has 0 saturated heterocycles. The number of aliphatic carboxylic acids is 1. The molecule has 1 aromatic carbocycles. The van der Waals surface area contributed by atoms with Crippen molar-refractivity contribution in [2.24, 2.45) is 5.16 Å². The summed E-state index contributed by atoms with van der Waals surface area (Å²) in [6, 6.07) is 8.99. The van der Waals surface area contributed by atoms with Crippen molar-refractivity contribution >= 4 is 23.7 Å². The molecule has 0 aliphatic carbocycles. The van der Waals surface area contributed by atoms with Gasteiger partial charge in [-0.2, -0.15) is 0 Å². The van der Waals surface area contributed by atoms with Crippen molar-refractivity contribution in [3.05, 3.63) is 48.2 Å². The molecule has 2 unspecified atom stereocenters. The van der Waals surface area contributed by atoms with Gasteiger partial charge in [0.15, 0.2) is 0 Å². The van der Waals surface area contributed by atoms with E-state index >= 15 is 0 Å². The highest BCUT2D eigenvalue weighted by atomic mass is 16.6. The molecule has 2 aliphatic heterocycles. The van der Waals surface area contributed by atoms with Crippen LogP contribution in [0, 0.1) is 0 Å².